The SMILES string of the molecule is Cc1cc(C(=O)O)ccc1-c1nc(C(C)(C)C)c(-c2cnc(N3CC(F)(F)C3)nc2CN2C(=O)O[C@H](c3cc(C(F)(F)F)cc(C(F)(F)F)c3)[C@@H]2C)s1. The van der Waals surface area contributed by atoms with Gasteiger partial charge in [0.25, 0.3) is 5.92 Å². The number of carbonyl (C=O) groups excluding carboxylic acids is 1. The summed E-state index contributed by atoms with van der Waals surface area (Å²) in [7, 11) is 0. The molecule has 2 fully saturated rings. The molecule has 282 valence electrons. The first-order valence-electron chi connectivity index (χ1n) is 16.0. The molecule has 0 saturated carbocycles. The number of ether oxygens (including phenoxy) is 1. The highest BCUT2D eigenvalue weighted by Gasteiger charge is 2.46. The number of thiazole rings is 1. The Morgan fingerprint density at radius 3 is 2.13 bits per heavy atom. The van der Waals surface area contributed by atoms with Gasteiger partial charge in [-0.05, 0) is 55.3 Å². The molecule has 2 aliphatic heterocycles. The number of benzene rings is 2. The maximum absolute atomic E-state index is 13.9. The van der Waals surface area contributed by atoms with E-state index in [4.69, 9.17) is 9.72 Å². The van der Waals surface area contributed by atoms with E-state index >= 15 is 0 Å². The number of halogens is 8. The largest absolute Gasteiger partial charge is 0.478 e. The van der Waals surface area contributed by atoms with E-state index < -0.39 is 77.7 Å². The summed E-state index contributed by atoms with van der Waals surface area (Å²) in [6, 6.07) is 4.44. The molecule has 4 heterocycles. The Morgan fingerprint density at radius 1 is 0.981 bits per heavy atom. The summed E-state index contributed by atoms with van der Waals surface area (Å²) in [6.07, 6.45) is -11.5. The van der Waals surface area contributed by atoms with Crippen molar-refractivity contribution in [1.29, 1.82) is 0 Å². The standard InChI is InChI=1S/C35H31F8N5O4S/c1-16-8-18(29(49)50)6-7-22(16)28-46-27(32(3,4)5)26(53-28)23-12-44-30(47-14-33(36,37)15-47)45-24(23)13-48-17(2)25(52-31(48)51)19-9-20(34(38,39)40)11-21(10-19)35(41,42)43/h6-12,17,25H,13-15H2,1-5H3,(H,49,50)/t17-,25-/m0/s1. The number of aryl methyl sites for hydroxylation is 1. The van der Waals surface area contributed by atoms with Crippen LogP contribution >= 0.6 is 11.3 Å². The van der Waals surface area contributed by atoms with Gasteiger partial charge in [-0.15, -0.1) is 11.3 Å². The third-order valence-corrected chi connectivity index (χ3v) is 10.0. The van der Waals surface area contributed by atoms with Crippen LogP contribution < -0.4 is 4.90 Å². The van der Waals surface area contributed by atoms with Crippen LogP contribution in [-0.4, -0.2) is 62.1 Å². The molecule has 2 saturated heterocycles. The van der Waals surface area contributed by atoms with E-state index in [0.29, 0.717) is 44.4 Å². The highest BCUT2D eigenvalue weighted by Crippen LogP contribution is 2.45. The number of carbonyl (C=O) groups is 2. The first-order chi connectivity index (χ1) is 24.4. The van der Waals surface area contributed by atoms with Crippen LogP contribution in [0.1, 0.15) is 77.8 Å². The van der Waals surface area contributed by atoms with E-state index in [-0.39, 0.29) is 29.8 Å². The van der Waals surface area contributed by atoms with Crippen molar-refractivity contribution in [2.45, 2.75) is 77.0 Å². The minimum Gasteiger partial charge on any atom is -0.478 e. The van der Waals surface area contributed by atoms with Crippen LogP contribution in [0.25, 0.3) is 21.0 Å². The Balaban J connectivity index is 1.44. The van der Waals surface area contributed by atoms with Crippen molar-refractivity contribution in [3.63, 3.8) is 0 Å². The summed E-state index contributed by atoms with van der Waals surface area (Å²) in [5.74, 6) is -4.17. The molecule has 0 spiro atoms. The molecule has 2 atom stereocenters. The van der Waals surface area contributed by atoms with Crippen molar-refractivity contribution in [1.82, 2.24) is 19.9 Å². The van der Waals surface area contributed by atoms with E-state index in [9.17, 15) is 49.8 Å². The van der Waals surface area contributed by atoms with E-state index in [1.807, 2.05) is 20.8 Å². The van der Waals surface area contributed by atoms with Gasteiger partial charge in [-0.1, -0.05) is 26.8 Å². The fourth-order valence-electron chi connectivity index (χ4n) is 6.15. The highest BCUT2D eigenvalue weighted by molar-refractivity contribution is 7.18. The zero-order valence-corrected chi connectivity index (χ0v) is 29.5. The predicted molar refractivity (Wildman–Crippen MR) is 177 cm³/mol. The van der Waals surface area contributed by atoms with Gasteiger partial charge in [-0.3, -0.25) is 4.90 Å². The van der Waals surface area contributed by atoms with Gasteiger partial charge in [0.15, 0.2) is 0 Å². The minimum atomic E-state index is -5.13. The molecule has 2 aromatic carbocycles. The molecule has 0 bridgehead atoms. The topological polar surface area (TPSA) is 109 Å². The molecular weight excluding hydrogens is 738 g/mol. The molecule has 18 heteroatoms. The number of nitrogens with zero attached hydrogens (tertiary/aromatic N) is 5. The van der Waals surface area contributed by atoms with Crippen LogP contribution in [0.5, 0.6) is 0 Å². The molecule has 0 radical (unpaired) electrons. The summed E-state index contributed by atoms with van der Waals surface area (Å²) in [5.41, 5.74) is -1.89. The summed E-state index contributed by atoms with van der Waals surface area (Å²) >= 11 is 1.21. The number of alkyl halides is 8. The Kier molecular flexibility index (Phi) is 9.23. The second kappa shape index (κ2) is 12.9. The lowest BCUT2D eigenvalue weighted by atomic mass is 9.89. The summed E-state index contributed by atoms with van der Waals surface area (Å²) in [6.45, 7) is 7.07. The number of carboxylic acid groups (broad SMARTS) is 1. The maximum atomic E-state index is 13.9. The van der Waals surface area contributed by atoms with Gasteiger partial charge in [0.05, 0.1) is 58.6 Å². The predicted octanol–water partition coefficient (Wildman–Crippen LogP) is 9.15. The molecule has 2 aromatic heterocycles. The number of hydrogen-bond donors (Lipinski definition) is 1. The first-order valence-corrected chi connectivity index (χ1v) is 16.9. The highest BCUT2D eigenvalue weighted by atomic mass is 32.1. The number of cyclic esters (lactones) is 1. The molecular formula is C35H31F8N5O4S. The van der Waals surface area contributed by atoms with Gasteiger partial charge in [0.1, 0.15) is 11.1 Å². The molecule has 4 aromatic rings. The third-order valence-electron chi connectivity index (χ3n) is 8.92. The third kappa shape index (κ3) is 7.50. The second-order valence-electron chi connectivity index (χ2n) is 14.0. The summed E-state index contributed by atoms with van der Waals surface area (Å²) in [4.78, 5) is 41.5. The fourth-order valence-corrected chi connectivity index (χ4v) is 7.55. The quantitative estimate of drug-likeness (QED) is 0.186. The van der Waals surface area contributed by atoms with Crippen molar-refractivity contribution in [3.8, 4) is 21.0 Å². The molecule has 53 heavy (non-hydrogen) atoms. The van der Waals surface area contributed by atoms with Gasteiger partial charge < -0.3 is 14.7 Å². The maximum Gasteiger partial charge on any atom is 0.416 e. The van der Waals surface area contributed by atoms with Crippen molar-refractivity contribution in [3.05, 3.63) is 81.8 Å². The minimum absolute atomic E-state index is 0.0190. The number of aromatic carboxylic acids is 1. The summed E-state index contributed by atoms with van der Waals surface area (Å²) < 4.78 is 115. The zero-order valence-electron chi connectivity index (χ0n) is 28.7. The molecule has 0 unspecified atom stereocenters. The lowest BCUT2D eigenvalue weighted by Crippen LogP contribution is -2.57. The normalized spacial score (nSPS) is 19.0. The fraction of sp³-hybridized carbons (Fsp3) is 0.400. The number of amides is 1. The van der Waals surface area contributed by atoms with Crippen LogP contribution in [0, 0.1) is 6.92 Å². The average molecular weight is 770 g/mol. The van der Waals surface area contributed by atoms with Crippen molar-refractivity contribution >= 4 is 29.3 Å². The van der Waals surface area contributed by atoms with E-state index in [0.717, 1.165) is 4.90 Å². The van der Waals surface area contributed by atoms with Crippen LogP contribution in [0.3, 0.4) is 0 Å². The van der Waals surface area contributed by atoms with Gasteiger partial charge in [0.2, 0.25) is 5.95 Å². The van der Waals surface area contributed by atoms with Gasteiger partial charge in [-0.2, -0.15) is 26.3 Å². The van der Waals surface area contributed by atoms with Crippen molar-refractivity contribution < 1.29 is 54.6 Å². The lowest BCUT2D eigenvalue weighted by molar-refractivity contribution is -0.143. The Hall–Kier alpha value is -4.87. The molecule has 2 aliphatic rings. The van der Waals surface area contributed by atoms with Gasteiger partial charge in [0, 0.05) is 22.7 Å². The van der Waals surface area contributed by atoms with E-state index in [1.54, 1.807) is 13.0 Å². The van der Waals surface area contributed by atoms with E-state index in [2.05, 4.69) is 9.97 Å². The monoisotopic (exact) mass is 769 g/mol. The van der Waals surface area contributed by atoms with Crippen LogP contribution in [0.2, 0.25) is 0 Å². The van der Waals surface area contributed by atoms with Gasteiger partial charge in [-0.25, -0.2) is 33.3 Å². The second-order valence-corrected chi connectivity index (χ2v) is 15.0. The Morgan fingerprint density at radius 2 is 1.60 bits per heavy atom. The molecule has 1 N–H and O–H groups in total. The van der Waals surface area contributed by atoms with Crippen LogP contribution in [0.4, 0.5) is 45.9 Å². The molecule has 0 aliphatic carbocycles. The number of hydrogen-bond acceptors (Lipinski definition) is 8. The van der Waals surface area contributed by atoms with Crippen LogP contribution in [0.15, 0.2) is 42.6 Å². The smallest absolute Gasteiger partial charge is 0.416 e. The van der Waals surface area contributed by atoms with Crippen molar-refractivity contribution in [2.24, 2.45) is 0 Å². The van der Waals surface area contributed by atoms with Crippen LogP contribution in [-0.2, 0) is 29.0 Å². The summed E-state index contributed by atoms with van der Waals surface area (Å²) in [5, 5.41) is 9.95. The number of rotatable bonds is 7. The Labute approximate surface area is 301 Å². The van der Waals surface area contributed by atoms with Gasteiger partial charge >= 0.3 is 24.4 Å². The van der Waals surface area contributed by atoms with E-state index in [1.165, 1.54) is 41.5 Å². The zero-order chi connectivity index (χ0) is 39.0. The molecule has 6 rings (SSSR count). The number of carboxylic acids is 1. The first kappa shape index (κ1) is 37.9. The number of aromatic nitrogens is 3. The Bertz CT molecular complexity index is 2070. The molecule has 1 amide bonds. The van der Waals surface area contributed by atoms with Crippen molar-refractivity contribution in [2.75, 3.05) is 18.0 Å². The average Bonchev–Trinajstić information content (AvgIpc) is 3.60. The lowest BCUT2D eigenvalue weighted by Gasteiger charge is -2.38. The number of anilines is 1. The molecule has 9 nitrogen and oxygen atoms in total.